The average molecular weight is 304 g/mol. The molecule has 2 atom stereocenters. The van der Waals surface area contributed by atoms with E-state index in [4.69, 9.17) is 4.74 Å². The van der Waals surface area contributed by atoms with Gasteiger partial charge in [-0.15, -0.1) is 0 Å². The predicted octanol–water partition coefficient (Wildman–Crippen LogP) is 1.31. The number of rotatable bonds is 1. The van der Waals surface area contributed by atoms with Crippen molar-refractivity contribution >= 4 is 11.8 Å². The third-order valence-electron chi connectivity index (χ3n) is 5.07. The van der Waals surface area contributed by atoms with E-state index in [9.17, 15) is 14.0 Å². The first kappa shape index (κ1) is 13.7. The van der Waals surface area contributed by atoms with Crippen molar-refractivity contribution in [2.45, 2.75) is 31.5 Å². The molecule has 1 aromatic carbocycles. The van der Waals surface area contributed by atoms with Crippen molar-refractivity contribution in [2.75, 3.05) is 19.7 Å². The molecule has 22 heavy (non-hydrogen) atoms. The monoisotopic (exact) mass is 304 g/mol. The first-order chi connectivity index (χ1) is 10.5. The van der Waals surface area contributed by atoms with Gasteiger partial charge >= 0.3 is 0 Å². The van der Waals surface area contributed by atoms with Crippen molar-refractivity contribution in [2.24, 2.45) is 0 Å². The SMILES string of the molecule is Cc1cc(C(=O)N2CC[C@@]34OCCN3C(=O)C[C@@H]24)ccc1F. The summed E-state index contributed by atoms with van der Waals surface area (Å²) in [6.07, 6.45) is 0.960. The minimum atomic E-state index is -0.623. The van der Waals surface area contributed by atoms with Crippen LogP contribution in [0.5, 0.6) is 0 Å². The standard InChI is InChI=1S/C16H17FN2O3/c1-10-8-11(2-3-12(10)17)15(21)18-5-4-16-13(18)9-14(20)19(16)6-7-22-16/h2-3,8,13H,4-7,9H2,1H3/t13-,16+/m1/s1. The number of carbonyl (C=O) groups excluding carboxylic acids is 2. The highest BCUT2D eigenvalue weighted by Gasteiger charge is 2.62. The van der Waals surface area contributed by atoms with Gasteiger partial charge in [0.1, 0.15) is 5.82 Å². The molecule has 3 saturated heterocycles. The Morgan fingerprint density at radius 3 is 3.00 bits per heavy atom. The minimum absolute atomic E-state index is 0.0512. The molecule has 4 rings (SSSR count). The summed E-state index contributed by atoms with van der Waals surface area (Å²) >= 11 is 0. The van der Waals surface area contributed by atoms with Gasteiger partial charge in [0, 0.05) is 25.1 Å². The minimum Gasteiger partial charge on any atom is -0.351 e. The highest BCUT2D eigenvalue weighted by atomic mass is 19.1. The van der Waals surface area contributed by atoms with E-state index >= 15 is 0 Å². The van der Waals surface area contributed by atoms with Gasteiger partial charge in [-0.3, -0.25) is 9.59 Å². The average Bonchev–Trinajstić information content (AvgIpc) is 3.13. The van der Waals surface area contributed by atoms with Crippen LogP contribution in [0.2, 0.25) is 0 Å². The summed E-state index contributed by atoms with van der Waals surface area (Å²) in [6, 6.07) is 4.14. The van der Waals surface area contributed by atoms with E-state index < -0.39 is 5.72 Å². The van der Waals surface area contributed by atoms with Gasteiger partial charge in [0.2, 0.25) is 5.91 Å². The maximum absolute atomic E-state index is 13.4. The van der Waals surface area contributed by atoms with Crippen LogP contribution < -0.4 is 0 Å². The second kappa shape index (κ2) is 4.52. The van der Waals surface area contributed by atoms with E-state index in [0.29, 0.717) is 43.7 Å². The third-order valence-corrected chi connectivity index (χ3v) is 5.07. The molecule has 0 N–H and O–H groups in total. The summed E-state index contributed by atoms with van der Waals surface area (Å²) in [6.45, 7) is 3.33. The second-order valence-electron chi connectivity index (χ2n) is 6.17. The summed E-state index contributed by atoms with van der Waals surface area (Å²) in [7, 11) is 0. The first-order valence-corrected chi connectivity index (χ1v) is 7.54. The fraction of sp³-hybridized carbons (Fsp3) is 0.500. The lowest BCUT2D eigenvalue weighted by atomic mass is 10.1. The Balaban J connectivity index is 1.65. The van der Waals surface area contributed by atoms with E-state index in [1.54, 1.807) is 22.8 Å². The molecule has 3 heterocycles. The number of carbonyl (C=O) groups is 2. The van der Waals surface area contributed by atoms with Crippen molar-refractivity contribution in [1.29, 1.82) is 0 Å². The Morgan fingerprint density at radius 2 is 2.23 bits per heavy atom. The molecule has 0 radical (unpaired) electrons. The van der Waals surface area contributed by atoms with Crippen LogP contribution >= 0.6 is 0 Å². The molecule has 3 fully saturated rings. The van der Waals surface area contributed by atoms with Gasteiger partial charge < -0.3 is 14.5 Å². The Morgan fingerprint density at radius 1 is 1.41 bits per heavy atom. The molecule has 116 valence electrons. The molecule has 2 amide bonds. The van der Waals surface area contributed by atoms with E-state index in [2.05, 4.69) is 0 Å². The summed E-state index contributed by atoms with van der Waals surface area (Å²) in [5.41, 5.74) is 0.280. The van der Waals surface area contributed by atoms with Crippen LogP contribution in [0.4, 0.5) is 4.39 Å². The maximum Gasteiger partial charge on any atom is 0.254 e. The number of hydrogen-bond acceptors (Lipinski definition) is 3. The number of likely N-dealkylation sites (tertiary alicyclic amines) is 1. The van der Waals surface area contributed by atoms with Crippen molar-refractivity contribution < 1.29 is 18.7 Å². The molecule has 1 spiro atoms. The van der Waals surface area contributed by atoms with Crippen LogP contribution in [0.1, 0.15) is 28.8 Å². The predicted molar refractivity (Wildman–Crippen MR) is 75.6 cm³/mol. The zero-order chi connectivity index (χ0) is 15.5. The maximum atomic E-state index is 13.4. The molecule has 3 aliphatic heterocycles. The van der Waals surface area contributed by atoms with Crippen LogP contribution in [-0.2, 0) is 9.53 Å². The molecule has 0 bridgehead atoms. The second-order valence-corrected chi connectivity index (χ2v) is 6.17. The van der Waals surface area contributed by atoms with Crippen LogP contribution in [-0.4, -0.2) is 53.1 Å². The van der Waals surface area contributed by atoms with Gasteiger partial charge in [0.25, 0.3) is 5.91 Å². The van der Waals surface area contributed by atoms with Gasteiger partial charge in [-0.2, -0.15) is 0 Å². The van der Waals surface area contributed by atoms with Gasteiger partial charge in [-0.05, 0) is 30.7 Å². The molecule has 0 aliphatic carbocycles. The highest BCUT2D eigenvalue weighted by Crippen LogP contribution is 2.45. The van der Waals surface area contributed by atoms with Crippen molar-refractivity contribution in [3.05, 3.63) is 35.1 Å². The summed E-state index contributed by atoms with van der Waals surface area (Å²) in [5, 5.41) is 0. The lowest BCUT2D eigenvalue weighted by Crippen LogP contribution is -2.48. The fourth-order valence-electron chi connectivity index (χ4n) is 3.98. The largest absolute Gasteiger partial charge is 0.351 e. The Bertz CT molecular complexity index is 677. The number of hydrogen-bond donors (Lipinski definition) is 0. The Kier molecular flexibility index (Phi) is 2.81. The van der Waals surface area contributed by atoms with E-state index in [1.165, 1.54) is 12.1 Å². The van der Waals surface area contributed by atoms with Crippen LogP contribution in [0.25, 0.3) is 0 Å². The topological polar surface area (TPSA) is 49.9 Å². The zero-order valence-corrected chi connectivity index (χ0v) is 12.3. The number of benzene rings is 1. The molecular formula is C16H17FN2O3. The fourth-order valence-corrected chi connectivity index (χ4v) is 3.98. The van der Waals surface area contributed by atoms with E-state index in [-0.39, 0.29) is 23.7 Å². The Labute approximate surface area is 127 Å². The summed E-state index contributed by atoms with van der Waals surface area (Å²) in [5.74, 6) is -0.429. The first-order valence-electron chi connectivity index (χ1n) is 7.54. The molecule has 1 aromatic rings. The number of amides is 2. The van der Waals surface area contributed by atoms with Gasteiger partial charge in [0.05, 0.1) is 19.1 Å². The number of nitrogens with zero attached hydrogens (tertiary/aromatic N) is 2. The summed E-state index contributed by atoms with van der Waals surface area (Å²) < 4.78 is 19.3. The van der Waals surface area contributed by atoms with Crippen LogP contribution in [0.15, 0.2) is 18.2 Å². The smallest absolute Gasteiger partial charge is 0.254 e. The Hall–Kier alpha value is -1.95. The quantitative estimate of drug-likeness (QED) is 0.786. The number of aryl methyl sites for hydroxylation is 1. The molecule has 0 unspecified atom stereocenters. The zero-order valence-electron chi connectivity index (χ0n) is 12.3. The van der Waals surface area contributed by atoms with Gasteiger partial charge in [0.15, 0.2) is 5.72 Å². The molecule has 5 nitrogen and oxygen atoms in total. The van der Waals surface area contributed by atoms with Crippen LogP contribution in [0.3, 0.4) is 0 Å². The molecular weight excluding hydrogens is 287 g/mol. The van der Waals surface area contributed by atoms with Gasteiger partial charge in [-0.25, -0.2) is 4.39 Å². The van der Waals surface area contributed by atoms with E-state index in [0.717, 1.165) is 0 Å². The lowest BCUT2D eigenvalue weighted by Gasteiger charge is -2.31. The van der Waals surface area contributed by atoms with Crippen molar-refractivity contribution in [1.82, 2.24) is 9.80 Å². The molecule has 6 heteroatoms. The number of halogens is 1. The summed E-state index contributed by atoms with van der Waals surface area (Å²) in [4.78, 5) is 28.4. The third kappa shape index (κ3) is 1.67. The highest BCUT2D eigenvalue weighted by molar-refractivity contribution is 5.96. The van der Waals surface area contributed by atoms with Crippen molar-refractivity contribution in [3.8, 4) is 0 Å². The van der Waals surface area contributed by atoms with E-state index in [1.807, 2.05) is 0 Å². The lowest BCUT2D eigenvalue weighted by molar-refractivity contribution is -0.136. The normalized spacial score (nSPS) is 29.9. The number of ether oxygens (including phenoxy) is 1. The van der Waals surface area contributed by atoms with Crippen molar-refractivity contribution in [3.63, 3.8) is 0 Å². The van der Waals surface area contributed by atoms with Gasteiger partial charge in [-0.1, -0.05) is 0 Å². The molecule has 0 saturated carbocycles. The molecule has 3 aliphatic rings. The molecule has 0 aromatic heterocycles. The van der Waals surface area contributed by atoms with Crippen LogP contribution in [0, 0.1) is 12.7 Å².